The van der Waals surface area contributed by atoms with Crippen LogP contribution in [0.1, 0.15) is 18.4 Å². The number of hydrogen-bond acceptors (Lipinski definition) is 6. The van der Waals surface area contributed by atoms with E-state index in [9.17, 15) is 19.2 Å². The zero-order valence-electron chi connectivity index (χ0n) is 13.2. The first-order valence-electron chi connectivity index (χ1n) is 7.64. The largest absolute Gasteiger partial charge is 0.365 e. The molecule has 0 aliphatic carbocycles. The van der Waals surface area contributed by atoms with Crippen LogP contribution < -0.4 is 5.32 Å². The number of hydrogen-bond donors (Lipinski definition) is 1. The molecule has 0 saturated carbocycles. The second-order valence-corrected chi connectivity index (χ2v) is 6.76. The number of nitrogens with zero attached hydrogens (tertiary/aromatic N) is 2. The molecule has 2 saturated heterocycles. The minimum Gasteiger partial charge on any atom is -0.365 e. The van der Waals surface area contributed by atoms with Crippen molar-refractivity contribution in [2.45, 2.75) is 25.1 Å². The van der Waals surface area contributed by atoms with Crippen LogP contribution in [0.5, 0.6) is 0 Å². The van der Waals surface area contributed by atoms with Gasteiger partial charge in [0.1, 0.15) is 0 Å². The summed E-state index contributed by atoms with van der Waals surface area (Å²) in [5.41, 5.74) is 1.81. The highest BCUT2D eigenvalue weighted by Gasteiger charge is 2.40. The van der Waals surface area contributed by atoms with Gasteiger partial charge in [-0.05, 0) is 36.4 Å². The van der Waals surface area contributed by atoms with Gasteiger partial charge in [0.2, 0.25) is 11.8 Å². The Kier molecular flexibility index (Phi) is 4.57. The van der Waals surface area contributed by atoms with E-state index in [2.05, 4.69) is 5.32 Å². The molecule has 1 aromatic rings. The Hall–Kier alpha value is -2.35. The van der Waals surface area contributed by atoms with E-state index in [-0.39, 0.29) is 48.9 Å². The Labute approximate surface area is 143 Å². The van der Waals surface area contributed by atoms with Crippen LogP contribution >= 0.6 is 11.8 Å². The SMILES string of the molecule is Cc1cccc(N[C@@H]2SC(=O)N(CCN3C(=O)CCC3=O)C2=O)c1. The Morgan fingerprint density at radius 2 is 1.75 bits per heavy atom. The number of carbonyl (C=O) groups excluding carboxylic acids is 4. The summed E-state index contributed by atoms with van der Waals surface area (Å²) < 4.78 is 0. The average molecular weight is 347 g/mol. The van der Waals surface area contributed by atoms with Gasteiger partial charge in [0.05, 0.1) is 0 Å². The van der Waals surface area contributed by atoms with Gasteiger partial charge >= 0.3 is 0 Å². The van der Waals surface area contributed by atoms with E-state index in [1.165, 1.54) is 0 Å². The third-order valence-corrected chi connectivity index (χ3v) is 4.92. The molecule has 2 aliphatic rings. The maximum atomic E-state index is 12.4. The van der Waals surface area contributed by atoms with E-state index < -0.39 is 5.37 Å². The number of amides is 4. The van der Waals surface area contributed by atoms with Gasteiger partial charge in [-0.25, -0.2) is 0 Å². The van der Waals surface area contributed by atoms with Gasteiger partial charge < -0.3 is 5.32 Å². The molecule has 0 radical (unpaired) electrons. The van der Waals surface area contributed by atoms with Gasteiger partial charge in [-0.2, -0.15) is 0 Å². The summed E-state index contributed by atoms with van der Waals surface area (Å²) in [6.45, 7) is 2.04. The summed E-state index contributed by atoms with van der Waals surface area (Å²) in [5, 5.41) is 1.98. The van der Waals surface area contributed by atoms with Crippen LogP contribution in [0.4, 0.5) is 10.5 Å². The number of rotatable bonds is 5. The van der Waals surface area contributed by atoms with Crippen molar-refractivity contribution in [3.8, 4) is 0 Å². The minimum atomic E-state index is -0.690. The maximum absolute atomic E-state index is 12.4. The molecule has 1 atom stereocenters. The third kappa shape index (κ3) is 3.28. The highest BCUT2D eigenvalue weighted by atomic mass is 32.2. The van der Waals surface area contributed by atoms with E-state index in [0.29, 0.717) is 0 Å². The van der Waals surface area contributed by atoms with Crippen molar-refractivity contribution in [2.75, 3.05) is 18.4 Å². The van der Waals surface area contributed by atoms with Crippen LogP contribution in [0.3, 0.4) is 0 Å². The molecule has 126 valence electrons. The standard InChI is InChI=1S/C16H17N3O4S/c1-10-3-2-4-11(9-10)17-14-15(22)19(16(23)24-14)8-7-18-12(20)5-6-13(18)21/h2-4,9,14,17H,5-8H2,1H3/t14-/m1/s1. The molecule has 2 heterocycles. The molecule has 1 aromatic carbocycles. The topological polar surface area (TPSA) is 86.8 Å². The van der Waals surface area contributed by atoms with Crippen molar-refractivity contribution in [1.82, 2.24) is 9.80 Å². The van der Waals surface area contributed by atoms with Crippen molar-refractivity contribution >= 4 is 40.4 Å². The van der Waals surface area contributed by atoms with E-state index in [1.807, 2.05) is 31.2 Å². The fraction of sp³-hybridized carbons (Fsp3) is 0.375. The van der Waals surface area contributed by atoms with E-state index in [0.717, 1.165) is 32.8 Å². The first-order valence-corrected chi connectivity index (χ1v) is 8.52. The molecule has 4 amide bonds. The van der Waals surface area contributed by atoms with E-state index >= 15 is 0 Å². The van der Waals surface area contributed by atoms with Gasteiger partial charge in [-0.15, -0.1) is 0 Å². The first-order chi connectivity index (χ1) is 11.5. The average Bonchev–Trinajstić information content (AvgIpc) is 2.98. The lowest BCUT2D eigenvalue weighted by atomic mass is 10.2. The fourth-order valence-electron chi connectivity index (χ4n) is 2.70. The minimum absolute atomic E-state index is 0.0359. The number of anilines is 1. The molecule has 7 nitrogen and oxygen atoms in total. The van der Waals surface area contributed by atoms with Gasteiger partial charge in [0.15, 0.2) is 5.37 Å². The molecule has 0 bridgehead atoms. The second kappa shape index (κ2) is 6.64. The number of thioether (sulfide) groups is 1. The predicted molar refractivity (Wildman–Crippen MR) is 89.2 cm³/mol. The van der Waals surface area contributed by atoms with Gasteiger partial charge in [-0.3, -0.25) is 29.0 Å². The van der Waals surface area contributed by atoms with E-state index in [1.54, 1.807) is 0 Å². The summed E-state index contributed by atoms with van der Waals surface area (Å²) in [6.07, 6.45) is 0.403. The molecule has 8 heteroatoms. The molecule has 0 unspecified atom stereocenters. The molecule has 3 rings (SSSR count). The molecule has 24 heavy (non-hydrogen) atoms. The van der Waals surface area contributed by atoms with Crippen molar-refractivity contribution in [2.24, 2.45) is 0 Å². The van der Waals surface area contributed by atoms with Crippen LogP contribution in [0, 0.1) is 6.92 Å². The molecule has 0 aromatic heterocycles. The second-order valence-electron chi connectivity index (χ2n) is 5.71. The normalized spacial score (nSPS) is 21.1. The smallest absolute Gasteiger partial charge is 0.290 e. The number of aryl methyl sites for hydroxylation is 1. The Balaban J connectivity index is 1.61. The quantitative estimate of drug-likeness (QED) is 0.814. The summed E-state index contributed by atoms with van der Waals surface area (Å²) in [5.74, 6) is -0.854. The first kappa shape index (κ1) is 16.5. The molecule has 2 fully saturated rings. The van der Waals surface area contributed by atoms with Crippen molar-refractivity contribution < 1.29 is 19.2 Å². The molecule has 1 N–H and O–H groups in total. The van der Waals surface area contributed by atoms with Crippen LogP contribution in [0.25, 0.3) is 0 Å². The summed E-state index contributed by atoms with van der Waals surface area (Å²) >= 11 is 0.905. The van der Waals surface area contributed by atoms with E-state index in [4.69, 9.17) is 0 Å². The highest BCUT2D eigenvalue weighted by molar-refractivity contribution is 8.15. The zero-order chi connectivity index (χ0) is 17.3. The third-order valence-electron chi connectivity index (χ3n) is 3.95. The Morgan fingerprint density at radius 3 is 2.42 bits per heavy atom. The molecular formula is C16H17N3O4S. The lowest BCUT2D eigenvalue weighted by Gasteiger charge is -2.19. The molecular weight excluding hydrogens is 330 g/mol. The number of nitrogens with one attached hydrogen (secondary N) is 1. The Morgan fingerprint density at radius 1 is 1.08 bits per heavy atom. The van der Waals surface area contributed by atoms with Gasteiger partial charge in [-0.1, -0.05) is 12.1 Å². The van der Waals surface area contributed by atoms with Crippen LogP contribution in [-0.2, 0) is 14.4 Å². The van der Waals surface area contributed by atoms with Crippen LogP contribution in [0.2, 0.25) is 0 Å². The van der Waals surface area contributed by atoms with Crippen LogP contribution in [0.15, 0.2) is 24.3 Å². The summed E-state index contributed by atoms with van der Waals surface area (Å²) in [7, 11) is 0. The lowest BCUT2D eigenvalue weighted by Crippen LogP contribution is -2.41. The highest BCUT2D eigenvalue weighted by Crippen LogP contribution is 2.28. The molecule has 2 aliphatic heterocycles. The maximum Gasteiger partial charge on any atom is 0.290 e. The van der Waals surface area contributed by atoms with Gasteiger partial charge in [0.25, 0.3) is 11.1 Å². The van der Waals surface area contributed by atoms with Crippen molar-refractivity contribution in [1.29, 1.82) is 0 Å². The number of benzene rings is 1. The van der Waals surface area contributed by atoms with Gasteiger partial charge in [0, 0.05) is 31.6 Å². The Bertz CT molecular complexity index is 705. The lowest BCUT2D eigenvalue weighted by molar-refractivity contribution is -0.139. The number of carbonyl (C=O) groups is 4. The van der Waals surface area contributed by atoms with Crippen molar-refractivity contribution in [3.63, 3.8) is 0 Å². The summed E-state index contributed by atoms with van der Waals surface area (Å²) in [6, 6.07) is 7.53. The van der Waals surface area contributed by atoms with Crippen LogP contribution in [-0.4, -0.2) is 51.2 Å². The zero-order valence-corrected chi connectivity index (χ0v) is 14.0. The van der Waals surface area contributed by atoms with Crippen molar-refractivity contribution in [3.05, 3.63) is 29.8 Å². The predicted octanol–water partition coefficient (Wildman–Crippen LogP) is 1.58. The molecule has 0 spiro atoms. The number of likely N-dealkylation sites (tertiary alicyclic amines) is 1. The summed E-state index contributed by atoms with van der Waals surface area (Å²) in [4.78, 5) is 49.9. The number of imide groups is 2. The fourth-order valence-corrected chi connectivity index (χ4v) is 3.63. The monoisotopic (exact) mass is 347 g/mol.